The number of carbonyl (C=O) groups excluding carboxylic acids is 2. The van der Waals surface area contributed by atoms with E-state index in [-0.39, 0.29) is 31.0 Å². The number of alkyl carbamates (subject to hydrolysis) is 1. The Labute approximate surface area is 203 Å². The molecule has 8 nitrogen and oxygen atoms in total. The topological polar surface area (TPSA) is 125 Å². The summed E-state index contributed by atoms with van der Waals surface area (Å²) >= 11 is 0. The average Bonchev–Trinajstić information content (AvgIpc) is 3.12. The highest BCUT2D eigenvalue weighted by Crippen LogP contribution is 2.60. The number of hydrogen-bond donors (Lipinski definition) is 4. The molecule has 184 valence electrons. The van der Waals surface area contributed by atoms with Crippen molar-refractivity contribution < 1.29 is 29.3 Å². The molecule has 0 saturated heterocycles. The van der Waals surface area contributed by atoms with Gasteiger partial charge in [0.2, 0.25) is 5.91 Å². The number of fused-ring (bicyclic) bond motifs is 3. The fourth-order valence-electron chi connectivity index (χ4n) is 6.08. The summed E-state index contributed by atoms with van der Waals surface area (Å²) in [6, 6.07) is 14.9. The number of ether oxygens (including phenoxy) is 1. The van der Waals surface area contributed by atoms with Crippen molar-refractivity contribution in [3.8, 4) is 11.1 Å². The predicted octanol–water partition coefficient (Wildman–Crippen LogP) is 3.18. The summed E-state index contributed by atoms with van der Waals surface area (Å²) in [4.78, 5) is 37.6. The number of benzene rings is 2. The van der Waals surface area contributed by atoms with Crippen molar-refractivity contribution in [2.45, 2.75) is 56.0 Å². The molecule has 0 unspecified atom stereocenters. The zero-order chi connectivity index (χ0) is 24.6. The van der Waals surface area contributed by atoms with E-state index >= 15 is 0 Å². The first kappa shape index (κ1) is 23.4. The molecule has 0 aliphatic heterocycles. The minimum absolute atomic E-state index is 0.0314. The van der Waals surface area contributed by atoms with Crippen LogP contribution in [0.5, 0.6) is 0 Å². The van der Waals surface area contributed by atoms with Gasteiger partial charge in [-0.15, -0.1) is 0 Å². The minimum Gasteiger partial charge on any atom is -0.480 e. The van der Waals surface area contributed by atoms with E-state index in [9.17, 15) is 19.5 Å². The molecule has 2 saturated carbocycles. The van der Waals surface area contributed by atoms with E-state index in [1.807, 2.05) is 36.4 Å². The molecular weight excluding hydrogens is 448 g/mol. The third-order valence-corrected chi connectivity index (χ3v) is 7.91. The first-order valence-corrected chi connectivity index (χ1v) is 12.1. The van der Waals surface area contributed by atoms with E-state index in [2.05, 4.69) is 22.8 Å². The van der Waals surface area contributed by atoms with E-state index < -0.39 is 29.6 Å². The molecule has 3 aliphatic carbocycles. The van der Waals surface area contributed by atoms with Gasteiger partial charge in [-0.3, -0.25) is 4.79 Å². The summed E-state index contributed by atoms with van der Waals surface area (Å²) < 4.78 is 5.65. The van der Waals surface area contributed by atoms with Crippen LogP contribution in [0.3, 0.4) is 0 Å². The standard InChI is InChI=1S/C27H30N2O6/c30-13-10-22(23(31)32)28-24(33)27(15-26(16-27)11-5-12-26)29-25(34)35-14-21-19-8-3-1-6-17(19)18-7-2-4-9-20(18)21/h1-4,6-9,21-22,30H,5,10-16H2,(H,28,33)(H,29,34)(H,31,32)/t22-/m1/s1. The minimum atomic E-state index is -1.22. The van der Waals surface area contributed by atoms with Crippen LogP contribution in [0.4, 0.5) is 4.79 Å². The van der Waals surface area contributed by atoms with Gasteiger partial charge < -0.3 is 25.6 Å². The Bertz CT molecular complexity index is 1100. The van der Waals surface area contributed by atoms with Gasteiger partial charge in [-0.2, -0.15) is 0 Å². The lowest BCUT2D eigenvalue weighted by atomic mass is 9.48. The molecule has 2 aromatic rings. The van der Waals surface area contributed by atoms with Crippen LogP contribution in [-0.4, -0.2) is 53.0 Å². The molecule has 0 radical (unpaired) electrons. The van der Waals surface area contributed by atoms with Crippen molar-refractivity contribution in [1.82, 2.24) is 10.6 Å². The van der Waals surface area contributed by atoms with Gasteiger partial charge in [0.05, 0.1) is 0 Å². The molecule has 2 aromatic carbocycles. The van der Waals surface area contributed by atoms with Gasteiger partial charge >= 0.3 is 12.1 Å². The van der Waals surface area contributed by atoms with Crippen LogP contribution < -0.4 is 10.6 Å². The summed E-state index contributed by atoms with van der Waals surface area (Å²) in [5, 5.41) is 23.8. The van der Waals surface area contributed by atoms with Gasteiger partial charge in [-0.25, -0.2) is 9.59 Å². The van der Waals surface area contributed by atoms with Crippen molar-refractivity contribution in [1.29, 1.82) is 0 Å². The Morgan fingerprint density at radius 3 is 2.11 bits per heavy atom. The van der Waals surface area contributed by atoms with Crippen molar-refractivity contribution in [3.05, 3.63) is 59.7 Å². The van der Waals surface area contributed by atoms with Crippen LogP contribution in [0.25, 0.3) is 11.1 Å². The zero-order valence-corrected chi connectivity index (χ0v) is 19.5. The highest BCUT2D eigenvalue weighted by atomic mass is 16.5. The molecule has 0 aromatic heterocycles. The van der Waals surface area contributed by atoms with E-state index in [1.54, 1.807) is 0 Å². The summed E-state index contributed by atoms with van der Waals surface area (Å²) in [5.41, 5.74) is 3.28. The Kier molecular flexibility index (Phi) is 6.01. The Morgan fingerprint density at radius 2 is 1.60 bits per heavy atom. The molecule has 3 aliphatic rings. The predicted molar refractivity (Wildman–Crippen MR) is 128 cm³/mol. The van der Waals surface area contributed by atoms with Crippen LogP contribution in [0, 0.1) is 5.41 Å². The van der Waals surface area contributed by atoms with Crippen LogP contribution in [0.1, 0.15) is 55.6 Å². The monoisotopic (exact) mass is 478 g/mol. The Morgan fingerprint density at radius 1 is 1.00 bits per heavy atom. The molecule has 1 atom stereocenters. The number of aliphatic carboxylic acids is 1. The summed E-state index contributed by atoms with van der Waals surface area (Å²) in [6.45, 7) is -0.237. The van der Waals surface area contributed by atoms with E-state index in [1.165, 1.54) is 0 Å². The van der Waals surface area contributed by atoms with Gasteiger partial charge in [0.15, 0.2) is 0 Å². The maximum Gasteiger partial charge on any atom is 0.408 e. The quantitative estimate of drug-likeness (QED) is 0.462. The number of rotatable bonds is 8. The zero-order valence-electron chi connectivity index (χ0n) is 19.5. The molecule has 8 heteroatoms. The molecular formula is C27H30N2O6. The van der Waals surface area contributed by atoms with Crippen LogP contribution in [0.2, 0.25) is 0 Å². The highest BCUT2D eigenvalue weighted by Gasteiger charge is 2.62. The van der Waals surface area contributed by atoms with Crippen LogP contribution >= 0.6 is 0 Å². The lowest BCUT2D eigenvalue weighted by Crippen LogP contribution is -2.71. The number of hydrogen-bond acceptors (Lipinski definition) is 5. The second kappa shape index (κ2) is 9.00. The molecule has 4 N–H and O–H groups in total. The smallest absolute Gasteiger partial charge is 0.408 e. The lowest BCUT2D eigenvalue weighted by molar-refractivity contribution is -0.150. The average molecular weight is 479 g/mol. The van der Waals surface area contributed by atoms with Crippen molar-refractivity contribution >= 4 is 18.0 Å². The number of nitrogens with one attached hydrogen (secondary N) is 2. The molecule has 5 rings (SSSR count). The second-order valence-electron chi connectivity index (χ2n) is 10.1. The molecule has 0 heterocycles. The number of carboxylic acids is 1. The van der Waals surface area contributed by atoms with Gasteiger partial charge in [0, 0.05) is 18.9 Å². The fourth-order valence-corrected chi connectivity index (χ4v) is 6.08. The third-order valence-electron chi connectivity index (χ3n) is 7.91. The lowest BCUT2D eigenvalue weighted by Gasteiger charge is -2.59. The number of amides is 2. The van der Waals surface area contributed by atoms with Crippen LogP contribution in [0.15, 0.2) is 48.5 Å². The fraction of sp³-hybridized carbons (Fsp3) is 0.444. The number of aliphatic hydroxyl groups is 1. The SMILES string of the molecule is O=C(NC1(C(=O)N[C@H](CCO)C(=O)O)CC2(CCC2)C1)OCC1c2ccccc2-c2ccccc21. The van der Waals surface area contributed by atoms with Crippen molar-refractivity contribution in [3.63, 3.8) is 0 Å². The van der Waals surface area contributed by atoms with Gasteiger partial charge in [0.25, 0.3) is 0 Å². The second-order valence-corrected chi connectivity index (χ2v) is 10.1. The molecule has 2 fully saturated rings. The number of carbonyl (C=O) groups is 3. The number of aliphatic hydroxyl groups excluding tert-OH is 1. The van der Waals surface area contributed by atoms with Crippen molar-refractivity contribution in [2.24, 2.45) is 5.41 Å². The summed E-state index contributed by atoms with van der Waals surface area (Å²) in [5.74, 6) is -1.86. The maximum atomic E-state index is 13.2. The van der Waals surface area contributed by atoms with E-state index in [0.29, 0.717) is 12.8 Å². The van der Waals surface area contributed by atoms with Gasteiger partial charge in [-0.05, 0) is 53.4 Å². The number of carboxylic acid groups (broad SMARTS) is 1. The first-order chi connectivity index (χ1) is 16.9. The normalized spacial score (nSPS) is 19.5. The molecule has 35 heavy (non-hydrogen) atoms. The highest BCUT2D eigenvalue weighted by molar-refractivity contribution is 5.94. The molecule has 2 amide bonds. The third kappa shape index (κ3) is 4.16. The maximum absolute atomic E-state index is 13.2. The Hall–Kier alpha value is -3.39. The molecule has 0 bridgehead atoms. The van der Waals surface area contributed by atoms with Gasteiger partial charge in [-0.1, -0.05) is 55.0 Å². The summed E-state index contributed by atoms with van der Waals surface area (Å²) in [6.07, 6.45) is 3.20. The van der Waals surface area contributed by atoms with E-state index in [0.717, 1.165) is 41.5 Å². The van der Waals surface area contributed by atoms with Crippen molar-refractivity contribution in [2.75, 3.05) is 13.2 Å². The summed E-state index contributed by atoms with van der Waals surface area (Å²) in [7, 11) is 0. The van der Waals surface area contributed by atoms with E-state index in [4.69, 9.17) is 9.84 Å². The van der Waals surface area contributed by atoms with Crippen LogP contribution in [-0.2, 0) is 14.3 Å². The largest absolute Gasteiger partial charge is 0.480 e. The first-order valence-electron chi connectivity index (χ1n) is 12.1. The van der Waals surface area contributed by atoms with Gasteiger partial charge in [0.1, 0.15) is 18.2 Å². The molecule has 1 spiro atoms. The Balaban J connectivity index is 1.28.